The maximum absolute atomic E-state index is 12.8. The number of aromatic nitrogens is 3. The third-order valence-corrected chi connectivity index (χ3v) is 5.56. The zero-order valence-electron chi connectivity index (χ0n) is 15.6. The Morgan fingerprint density at radius 3 is 3.04 bits per heavy atom. The lowest BCUT2D eigenvalue weighted by molar-refractivity contribution is -0.135. The van der Waals surface area contributed by atoms with Crippen molar-refractivity contribution in [2.75, 3.05) is 39.4 Å². The number of hydrogen-bond acceptors (Lipinski definition) is 5. The molecule has 2 aliphatic rings. The van der Waals surface area contributed by atoms with Crippen molar-refractivity contribution >= 4 is 5.91 Å². The van der Waals surface area contributed by atoms with E-state index in [9.17, 15) is 4.79 Å². The van der Waals surface area contributed by atoms with Crippen molar-refractivity contribution in [3.63, 3.8) is 0 Å². The van der Waals surface area contributed by atoms with Crippen LogP contribution in [0.1, 0.15) is 24.1 Å². The molecule has 2 fully saturated rings. The van der Waals surface area contributed by atoms with Gasteiger partial charge in [-0.2, -0.15) is 5.10 Å². The molecule has 1 atom stereocenters. The number of piperidine rings is 1. The highest BCUT2D eigenvalue weighted by Gasteiger charge is 2.40. The number of H-pyrrole nitrogens is 1. The van der Waals surface area contributed by atoms with E-state index in [1.165, 1.54) is 0 Å². The predicted molar refractivity (Wildman–Crippen MR) is 101 cm³/mol. The average Bonchev–Trinajstić information content (AvgIpc) is 3.12. The Hall–Kier alpha value is -2.25. The largest absolute Gasteiger partial charge is 0.379 e. The van der Waals surface area contributed by atoms with Crippen LogP contribution in [-0.2, 0) is 22.5 Å². The van der Waals surface area contributed by atoms with Crippen LogP contribution in [0.4, 0.5) is 0 Å². The highest BCUT2D eigenvalue weighted by atomic mass is 16.5. The van der Waals surface area contributed by atoms with Crippen LogP contribution in [0, 0.1) is 5.41 Å². The molecule has 27 heavy (non-hydrogen) atoms. The molecule has 0 aliphatic carbocycles. The van der Waals surface area contributed by atoms with Crippen molar-refractivity contribution in [1.29, 1.82) is 0 Å². The summed E-state index contributed by atoms with van der Waals surface area (Å²) in [5.74, 6) is 0.187. The molecule has 1 unspecified atom stereocenters. The second kappa shape index (κ2) is 8.19. The predicted octanol–water partition coefficient (Wildman–Crippen LogP) is 1.49. The highest BCUT2D eigenvalue weighted by Crippen LogP contribution is 2.33. The van der Waals surface area contributed by atoms with Crippen LogP contribution in [0.3, 0.4) is 0 Å². The maximum atomic E-state index is 12.8. The minimum absolute atomic E-state index is 0.0133. The van der Waals surface area contributed by atoms with Crippen molar-refractivity contribution in [3.05, 3.63) is 48.0 Å². The summed E-state index contributed by atoms with van der Waals surface area (Å²) in [5, 5.41) is 7.10. The van der Waals surface area contributed by atoms with Gasteiger partial charge in [0.1, 0.15) is 0 Å². The molecule has 0 bridgehead atoms. The van der Waals surface area contributed by atoms with Gasteiger partial charge in [-0.1, -0.05) is 6.07 Å². The van der Waals surface area contributed by atoms with Crippen LogP contribution < -0.4 is 0 Å². The van der Waals surface area contributed by atoms with E-state index in [0.717, 1.165) is 70.0 Å². The number of carbonyl (C=O) groups excluding carboxylic acids is 1. The number of nitrogens with one attached hydrogen (secondary N) is 1. The van der Waals surface area contributed by atoms with Gasteiger partial charge in [0.25, 0.3) is 0 Å². The topological polar surface area (TPSA) is 74.4 Å². The van der Waals surface area contributed by atoms with E-state index in [-0.39, 0.29) is 11.3 Å². The van der Waals surface area contributed by atoms with Crippen LogP contribution in [0.15, 0.2) is 36.8 Å². The van der Waals surface area contributed by atoms with Crippen molar-refractivity contribution in [2.24, 2.45) is 5.41 Å². The second-order valence-corrected chi connectivity index (χ2v) is 7.80. The smallest absolute Gasteiger partial charge is 0.227 e. The van der Waals surface area contributed by atoms with Gasteiger partial charge in [-0.05, 0) is 30.5 Å². The molecule has 1 amide bonds. The fourth-order valence-electron chi connectivity index (χ4n) is 4.29. The molecule has 2 aliphatic heterocycles. The first-order valence-corrected chi connectivity index (χ1v) is 9.68. The van der Waals surface area contributed by atoms with Gasteiger partial charge in [-0.25, -0.2) is 0 Å². The lowest BCUT2D eigenvalue weighted by atomic mass is 9.80. The van der Waals surface area contributed by atoms with Gasteiger partial charge in [-0.15, -0.1) is 0 Å². The van der Waals surface area contributed by atoms with E-state index >= 15 is 0 Å². The number of amides is 1. The van der Waals surface area contributed by atoms with Crippen molar-refractivity contribution < 1.29 is 9.53 Å². The van der Waals surface area contributed by atoms with Crippen molar-refractivity contribution in [2.45, 2.75) is 25.8 Å². The molecule has 7 heteroatoms. The van der Waals surface area contributed by atoms with Gasteiger partial charge in [0.05, 0.1) is 19.6 Å². The number of rotatable bonds is 4. The Bertz CT molecular complexity index is 736. The summed E-state index contributed by atoms with van der Waals surface area (Å²) in [6.45, 7) is 5.76. The van der Waals surface area contributed by atoms with Gasteiger partial charge >= 0.3 is 0 Å². The lowest BCUT2D eigenvalue weighted by Crippen LogP contribution is -2.52. The Morgan fingerprint density at radius 1 is 1.26 bits per heavy atom. The fraction of sp³-hybridized carbons (Fsp3) is 0.550. The SMILES string of the molecule is O=C(Cc1cccnc1)N1CCCC2(COCCN(Cc3ccn[nH]3)C2)C1. The molecule has 0 aromatic carbocycles. The summed E-state index contributed by atoms with van der Waals surface area (Å²) in [5.41, 5.74) is 2.10. The molecule has 1 N–H and O–H groups in total. The van der Waals surface area contributed by atoms with Gasteiger partial charge in [0, 0.05) is 62.4 Å². The molecule has 7 nitrogen and oxygen atoms in total. The molecule has 1 spiro atoms. The molecule has 2 saturated heterocycles. The van der Waals surface area contributed by atoms with Crippen LogP contribution in [0.2, 0.25) is 0 Å². The van der Waals surface area contributed by atoms with E-state index in [4.69, 9.17) is 4.74 Å². The normalized spacial score (nSPS) is 24.1. The number of hydrogen-bond donors (Lipinski definition) is 1. The molecule has 0 radical (unpaired) electrons. The van der Waals surface area contributed by atoms with Gasteiger partial charge in [0.2, 0.25) is 5.91 Å². The van der Waals surface area contributed by atoms with Crippen molar-refractivity contribution in [3.8, 4) is 0 Å². The van der Waals surface area contributed by atoms with Crippen LogP contribution in [0.25, 0.3) is 0 Å². The zero-order valence-corrected chi connectivity index (χ0v) is 15.6. The van der Waals surface area contributed by atoms with Crippen LogP contribution in [0.5, 0.6) is 0 Å². The first-order valence-electron chi connectivity index (χ1n) is 9.68. The summed E-state index contributed by atoms with van der Waals surface area (Å²) >= 11 is 0. The summed E-state index contributed by atoms with van der Waals surface area (Å²) in [7, 11) is 0. The number of pyridine rings is 1. The Labute approximate surface area is 159 Å². The molecular weight excluding hydrogens is 342 g/mol. The number of nitrogens with zero attached hydrogens (tertiary/aromatic N) is 4. The molecule has 4 heterocycles. The number of ether oxygens (including phenoxy) is 1. The monoisotopic (exact) mass is 369 g/mol. The molecule has 2 aromatic rings. The summed E-state index contributed by atoms with van der Waals surface area (Å²) in [6, 6.07) is 5.86. The zero-order chi connectivity index (χ0) is 18.5. The Morgan fingerprint density at radius 2 is 2.22 bits per heavy atom. The molecule has 0 saturated carbocycles. The van der Waals surface area contributed by atoms with E-state index < -0.39 is 0 Å². The van der Waals surface area contributed by atoms with Crippen molar-refractivity contribution in [1.82, 2.24) is 25.0 Å². The van der Waals surface area contributed by atoms with E-state index in [1.54, 1.807) is 18.6 Å². The summed E-state index contributed by atoms with van der Waals surface area (Å²) in [4.78, 5) is 21.4. The first kappa shape index (κ1) is 18.1. The van der Waals surface area contributed by atoms with E-state index in [2.05, 4.69) is 20.1 Å². The Balaban J connectivity index is 1.42. The molecule has 144 valence electrons. The van der Waals surface area contributed by atoms with E-state index in [1.807, 2.05) is 23.1 Å². The molecule has 4 rings (SSSR count). The first-order chi connectivity index (χ1) is 13.2. The minimum Gasteiger partial charge on any atom is -0.379 e. The van der Waals surface area contributed by atoms with E-state index in [0.29, 0.717) is 6.42 Å². The number of aromatic amines is 1. The summed E-state index contributed by atoms with van der Waals surface area (Å²) in [6.07, 6.45) is 7.85. The number of carbonyl (C=O) groups is 1. The number of likely N-dealkylation sites (tertiary alicyclic amines) is 1. The third kappa shape index (κ3) is 4.54. The second-order valence-electron chi connectivity index (χ2n) is 7.80. The quantitative estimate of drug-likeness (QED) is 0.884. The average molecular weight is 369 g/mol. The lowest BCUT2D eigenvalue weighted by Gasteiger charge is -2.43. The minimum atomic E-state index is 0.0133. The van der Waals surface area contributed by atoms with Gasteiger partial charge < -0.3 is 9.64 Å². The fourth-order valence-corrected chi connectivity index (χ4v) is 4.29. The van der Waals surface area contributed by atoms with Crippen LogP contribution in [-0.4, -0.2) is 70.3 Å². The highest BCUT2D eigenvalue weighted by molar-refractivity contribution is 5.78. The van der Waals surface area contributed by atoms with Crippen LogP contribution >= 0.6 is 0 Å². The third-order valence-electron chi connectivity index (χ3n) is 5.56. The summed E-state index contributed by atoms with van der Waals surface area (Å²) < 4.78 is 5.97. The Kier molecular flexibility index (Phi) is 5.50. The van der Waals surface area contributed by atoms with Gasteiger partial charge in [0.15, 0.2) is 0 Å². The standard InChI is InChI=1S/C20H27N5O2/c26-19(11-17-3-1-6-21-12-17)25-8-2-5-20(15-25)14-24(9-10-27-16-20)13-18-4-7-22-23-18/h1,3-4,6-7,12H,2,5,8-11,13-16H2,(H,22,23). The molecular formula is C20H27N5O2. The molecule has 2 aromatic heterocycles. The maximum Gasteiger partial charge on any atom is 0.227 e. The van der Waals surface area contributed by atoms with Gasteiger partial charge in [-0.3, -0.25) is 19.8 Å².